The van der Waals surface area contributed by atoms with E-state index in [1.807, 2.05) is 0 Å². The Kier molecular flexibility index (Phi) is 5.05. The molecule has 0 aromatic heterocycles. The molecule has 0 aliphatic rings. The van der Waals surface area contributed by atoms with Gasteiger partial charge in [0.2, 0.25) is 20.0 Å². The molecule has 0 fully saturated rings. The number of sulfonamides is 2. The Labute approximate surface area is 118 Å². The minimum atomic E-state index is -3.43. The van der Waals surface area contributed by atoms with Gasteiger partial charge in [-0.05, 0) is 24.6 Å². The van der Waals surface area contributed by atoms with Gasteiger partial charge in [-0.2, -0.15) is 0 Å². The highest BCUT2D eigenvalue weighted by Gasteiger charge is 2.11. The number of rotatable bonds is 6. The molecular weight excluding hydrogens is 312 g/mol. The molecule has 0 spiro atoms. The zero-order valence-electron chi connectivity index (χ0n) is 10.5. The van der Waals surface area contributed by atoms with Crippen LogP contribution in [0.4, 0.5) is 11.4 Å². The first-order valence-electron chi connectivity index (χ1n) is 5.41. The van der Waals surface area contributed by atoms with Crippen LogP contribution in [0, 0.1) is 0 Å². The lowest BCUT2D eigenvalue weighted by atomic mass is 10.3. The van der Waals surface area contributed by atoms with E-state index in [1.54, 1.807) is 6.92 Å². The number of hydrogen-bond acceptors (Lipinski definition) is 4. The van der Waals surface area contributed by atoms with Crippen LogP contribution in [0.1, 0.15) is 13.3 Å². The van der Waals surface area contributed by atoms with Crippen molar-refractivity contribution < 1.29 is 16.8 Å². The van der Waals surface area contributed by atoms with Crippen LogP contribution < -0.4 is 9.44 Å². The first-order chi connectivity index (χ1) is 8.63. The summed E-state index contributed by atoms with van der Waals surface area (Å²) in [6.45, 7) is 1.76. The van der Waals surface area contributed by atoms with Gasteiger partial charge in [-0.15, -0.1) is 0 Å². The van der Waals surface area contributed by atoms with Gasteiger partial charge in [-0.25, -0.2) is 16.8 Å². The van der Waals surface area contributed by atoms with Crippen molar-refractivity contribution in [2.24, 2.45) is 0 Å². The van der Waals surface area contributed by atoms with E-state index in [9.17, 15) is 16.8 Å². The molecule has 19 heavy (non-hydrogen) atoms. The van der Waals surface area contributed by atoms with Gasteiger partial charge < -0.3 is 0 Å². The van der Waals surface area contributed by atoms with Gasteiger partial charge >= 0.3 is 0 Å². The number of hydrogen-bond donors (Lipinski definition) is 2. The van der Waals surface area contributed by atoms with E-state index in [2.05, 4.69) is 9.44 Å². The van der Waals surface area contributed by atoms with Crippen LogP contribution in [0.5, 0.6) is 0 Å². The number of anilines is 2. The van der Waals surface area contributed by atoms with Crippen LogP contribution in [0.25, 0.3) is 0 Å². The van der Waals surface area contributed by atoms with Crippen molar-refractivity contribution in [2.75, 3.05) is 21.5 Å². The molecule has 0 bridgehead atoms. The third kappa shape index (κ3) is 5.66. The van der Waals surface area contributed by atoms with Gasteiger partial charge in [0.05, 0.1) is 28.4 Å². The van der Waals surface area contributed by atoms with Crippen molar-refractivity contribution in [1.82, 2.24) is 0 Å². The van der Waals surface area contributed by atoms with Crippen molar-refractivity contribution in [3.8, 4) is 0 Å². The van der Waals surface area contributed by atoms with E-state index in [1.165, 1.54) is 18.2 Å². The van der Waals surface area contributed by atoms with Crippen LogP contribution in [-0.4, -0.2) is 28.8 Å². The largest absolute Gasteiger partial charge is 0.284 e. The Morgan fingerprint density at radius 1 is 1.16 bits per heavy atom. The third-order valence-electron chi connectivity index (χ3n) is 2.01. The predicted octanol–water partition coefficient (Wildman–Crippen LogP) is 1.86. The average Bonchev–Trinajstić information content (AvgIpc) is 2.19. The van der Waals surface area contributed by atoms with E-state index in [0.717, 1.165) is 6.26 Å². The van der Waals surface area contributed by atoms with Crippen LogP contribution in [0.2, 0.25) is 5.02 Å². The first-order valence-corrected chi connectivity index (χ1v) is 9.33. The van der Waals surface area contributed by atoms with Crippen molar-refractivity contribution in [3.63, 3.8) is 0 Å². The number of benzene rings is 1. The van der Waals surface area contributed by atoms with Gasteiger partial charge in [0.25, 0.3) is 0 Å². The molecule has 0 atom stereocenters. The molecule has 0 aliphatic heterocycles. The quantitative estimate of drug-likeness (QED) is 0.834. The second-order valence-corrected chi connectivity index (χ2v) is 7.99. The summed E-state index contributed by atoms with van der Waals surface area (Å²) in [6, 6.07) is 4.18. The predicted molar refractivity (Wildman–Crippen MR) is 77.6 cm³/mol. The van der Waals surface area contributed by atoms with E-state index in [4.69, 9.17) is 11.6 Å². The Hall–Kier alpha value is -0.990. The van der Waals surface area contributed by atoms with Crippen LogP contribution in [0.15, 0.2) is 18.2 Å². The summed E-state index contributed by atoms with van der Waals surface area (Å²) in [4.78, 5) is 0. The van der Waals surface area contributed by atoms with E-state index >= 15 is 0 Å². The van der Waals surface area contributed by atoms with Gasteiger partial charge in [0.15, 0.2) is 0 Å². The second-order valence-electron chi connectivity index (χ2n) is 3.99. The summed E-state index contributed by atoms with van der Waals surface area (Å²) in [5, 5.41) is 0.113. The summed E-state index contributed by atoms with van der Waals surface area (Å²) < 4.78 is 49.8. The molecule has 0 unspecified atom stereocenters. The molecule has 0 amide bonds. The van der Waals surface area contributed by atoms with Gasteiger partial charge in [0.1, 0.15) is 0 Å². The lowest BCUT2D eigenvalue weighted by molar-refractivity contribution is 0.599. The molecule has 0 saturated carbocycles. The van der Waals surface area contributed by atoms with Gasteiger partial charge in [-0.3, -0.25) is 9.44 Å². The summed E-state index contributed by atoms with van der Waals surface area (Å²) in [5.74, 6) is 0.00790. The molecule has 1 aromatic carbocycles. The van der Waals surface area contributed by atoms with Crippen molar-refractivity contribution >= 4 is 43.0 Å². The molecule has 0 radical (unpaired) electrons. The zero-order valence-corrected chi connectivity index (χ0v) is 12.9. The third-order valence-corrected chi connectivity index (χ3v) is 4.41. The minimum Gasteiger partial charge on any atom is -0.284 e. The molecule has 108 valence electrons. The van der Waals surface area contributed by atoms with Crippen molar-refractivity contribution in [3.05, 3.63) is 23.2 Å². The van der Waals surface area contributed by atoms with Crippen molar-refractivity contribution in [1.29, 1.82) is 0 Å². The molecular formula is C10H15ClN2O4S2. The summed E-state index contributed by atoms with van der Waals surface area (Å²) in [7, 11) is -6.83. The average molecular weight is 327 g/mol. The second kappa shape index (κ2) is 5.98. The van der Waals surface area contributed by atoms with Crippen molar-refractivity contribution in [2.45, 2.75) is 13.3 Å². The van der Waals surface area contributed by atoms with Crippen LogP contribution in [-0.2, 0) is 20.0 Å². The highest BCUT2D eigenvalue weighted by atomic mass is 35.5. The van der Waals surface area contributed by atoms with Crippen LogP contribution in [0.3, 0.4) is 0 Å². The lowest BCUT2D eigenvalue weighted by Crippen LogP contribution is -2.16. The standard InChI is InChI=1S/C10H15ClN2O4S2/c1-3-6-19(16,17)12-8-4-5-10(9(11)7-8)13-18(2,14)15/h4-5,7,12-13H,3,6H2,1-2H3. The number of halogens is 1. The van der Waals surface area contributed by atoms with Crippen LogP contribution >= 0.6 is 11.6 Å². The molecule has 0 aliphatic carbocycles. The number of nitrogens with one attached hydrogen (secondary N) is 2. The normalized spacial score (nSPS) is 12.2. The van der Waals surface area contributed by atoms with E-state index in [0.29, 0.717) is 6.42 Å². The maximum absolute atomic E-state index is 11.6. The topological polar surface area (TPSA) is 92.3 Å². The Morgan fingerprint density at radius 3 is 2.26 bits per heavy atom. The van der Waals surface area contributed by atoms with Gasteiger partial charge in [0, 0.05) is 0 Å². The molecule has 0 heterocycles. The van der Waals surface area contributed by atoms with E-state index < -0.39 is 20.0 Å². The molecule has 2 N–H and O–H groups in total. The highest BCUT2D eigenvalue weighted by molar-refractivity contribution is 7.92. The Bertz CT molecular complexity index is 656. The fraction of sp³-hybridized carbons (Fsp3) is 0.400. The SMILES string of the molecule is CCCS(=O)(=O)Nc1ccc(NS(C)(=O)=O)c(Cl)c1. The zero-order chi connectivity index (χ0) is 14.7. The maximum atomic E-state index is 11.6. The molecule has 1 aromatic rings. The molecule has 6 nitrogen and oxygen atoms in total. The molecule has 9 heteroatoms. The first kappa shape index (κ1) is 16.1. The Balaban J connectivity index is 2.95. The smallest absolute Gasteiger partial charge is 0.232 e. The highest BCUT2D eigenvalue weighted by Crippen LogP contribution is 2.26. The fourth-order valence-electron chi connectivity index (χ4n) is 1.36. The lowest BCUT2D eigenvalue weighted by Gasteiger charge is -2.10. The molecule has 0 saturated heterocycles. The van der Waals surface area contributed by atoms with E-state index in [-0.39, 0.29) is 22.2 Å². The van der Waals surface area contributed by atoms with Gasteiger partial charge in [-0.1, -0.05) is 18.5 Å². The maximum Gasteiger partial charge on any atom is 0.232 e. The summed E-state index contributed by atoms with van der Waals surface area (Å²) >= 11 is 5.88. The summed E-state index contributed by atoms with van der Waals surface area (Å²) in [6.07, 6.45) is 1.50. The molecule has 1 rings (SSSR count). The fourth-order valence-corrected chi connectivity index (χ4v) is 3.35. The Morgan fingerprint density at radius 2 is 1.79 bits per heavy atom. The summed E-state index contributed by atoms with van der Waals surface area (Å²) in [5.41, 5.74) is 0.486. The monoisotopic (exact) mass is 326 g/mol. The minimum absolute atomic E-state index is 0.00790.